The van der Waals surface area contributed by atoms with Crippen molar-refractivity contribution in [3.05, 3.63) is 109 Å². The average Bonchev–Trinajstić information content (AvgIpc) is 3.24. The van der Waals surface area contributed by atoms with Gasteiger partial charge < -0.3 is 15.6 Å². The van der Waals surface area contributed by atoms with Gasteiger partial charge in [-0.3, -0.25) is 4.98 Å². The molecule has 0 radical (unpaired) electrons. The Balaban J connectivity index is 1.20. The van der Waals surface area contributed by atoms with Crippen molar-refractivity contribution in [3.8, 4) is 11.3 Å². The van der Waals surface area contributed by atoms with Crippen LogP contribution in [0.1, 0.15) is 5.56 Å². The number of hydrogen-bond acceptors (Lipinski definition) is 3. The van der Waals surface area contributed by atoms with Crippen LogP contribution < -0.4 is 10.6 Å². The molecule has 5 aromatic rings. The number of para-hydroxylation sites is 1. The lowest BCUT2D eigenvalue weighted by atomic mass is 10.1. The number of pyridine rings is 1. The van der Waals surface area contributed by atoms with E-state index in [-0.39, 0.29) is 0 Å². The highest BCUT2D eigenvalue weighted by molar-refractivity contribution is 5.83. The molecule has 2 heterocycles. The molecule has 4 nitrogen and oxygen atoms in total. The Morgan fingerprint density at radius 2 is 1.52 bits per heavy atom. The molecule has 31 heavy (non-hydrogen) atoms. The maximum absolute atomic E-state index is 4.49. The normalized spacial score (nSPS) is 10.8. The number of aromatic amines is 1. The van der Waals surface area contributed by atoms with Gasteiger partial charge in [-0.15, -0.1) is 0 Å². The summed E-state index contributed by atoms with van der Waals surface area (Å²) in [4.78, 5) is 7.83. The van der Waals surface area contributed by atoms with E-state index in [1.54, 1.807) is 0 Å². The van der Waals surface area contributed by atoms with E-state index in [1.807, 2.05) is 30.5 Å². The summed E-state index contributed by atoms with van der Waals surface area (Å²) in [6.07, 6.45) is 4.92. The topological polar surface area (TPSA) is 52.7 Å². The summed E-state index contributed by atoms with van der Waals surface area (Å²) in [6.45, 7) is 0.888. The summed E-state index contributed by atoms with van der Waals surface area (Å²) in [7, 11) is 0. The first-order valence-corrected chi connectivity index (χ1v) is 10.5. The fourth-order valence-electron chi connectivity index (χ4n) is 3.79. The second-order valence-electron chi connectivity index (χ2n) is 7.53. The maximum atomic E-state index is 4.49. The average molecular weight is 405 g/mol. The molecule has 0 aliphatic heterocycles. The van der Waals surface area contributed by atoms with Crippen molar-refractivity contribution in [1.29, 1.82) is 0 Å². The van der Waals surface area contributed by atoms with Gasteiger partial charge in [-0.2, -0.15) is 0 Å². The van der Waals surface area contributed by atoms with Crippen LogP contribution in [0.25, 0.3) is 22.2 Å². The Labute approximate surface area is 182 Å². The van der Waals surface area contributed by atoms with E-state index < -0.39 is 0 Å². The lowest BCUT2D eigenvalue weighted by Crippen LogP contribution is -2.04. The van der Waals surface area contributed by atoms with Crippen LogP contribution in [0.5, 0.6) is 0 Å². The molecule has 0 bridgehead atoms. The Kier molecular flexibility index (Phi) is 5.35. The Hall–Kier alpha value is -4.05. The molecule has 0 saturated carbocycles. The lowest BCUT2D eigenvalue weighted by molar-refractivity contribution is 1.03. The van der Waals surface area contributed by atoms with Crippen LogP contribution in [0.15, 0.2) is 103 Å². The van der Waals surface area contributed by atoms with Crippen LogP contribution in [0.4, 0.5) is 17.1 Å². The molecule has 0 unspecified atom stereocenters. The van der Waals surface area contributed by atoms with Gasteiger partial charge >= 0.3 is 0 Å². The molecule has 3 N–H and O–H groups in total. The first-order valence-electron chi connectivity index (χ1n) is 10.5. The second kappa shape index (κ2) is 8.76. The SMILES string of the molecule is c1ccc(-c2cc(Nc3ccc(NCCc4c[nH]c5ccccc45)cc3)ccn2)cc1. The molecule has 0 spiro atoms. The fourth-order valence-corrected chi connectivity index (χ4v) is 3.79. The quantitative estimate of drug-likeness (QED) is 0.285. The lowest BCUT2D eigenvalue weighted by Gasteiger charge is -2.10. The van der Waals surface area contributed by atoms with E-state index >= 15 is 0 Å². The molecule has 0 saturated heterocycles. The van der Waals surface area contributed by atoms with E-state index in [2.05, 4.69) is 93.5 Å². The van der Waals surface area contributed by atoms with E-state index in [1.165, 1.54) is 16.5 Å². The van der Waals surface area contributed by atoms with Crippen molar-refractivity contribution in [2.75, 3.05) is 17.2 Å². The van der Waals surface area contributed by atoms with Crippen LogP contribution in [0.3, 0.4) is 0 Å². The van der Waals surface area contributed by atoms with Gasteiger partial charge in [0.15, 0.2) is 0 Å². The van der Waals surface area contributed by atoms with Gasteiger partial charge in [0.1, 0.15) is 0 Å². The van der Waals surface area contributed by atoms with Gasteiger partial charge in [0.05, 0.1) is 5.69 Å². The molecule has 0 aliphatic carbocycles. The number of rotatable bonds is 7. The predicted molar refractivity (Wildman–Crippen MR) is 130 cm³/mol. The third-order valence-electron chi connectivity index (χ3n) is 5.40. The molecular weight excluding hydrogens is 380 g/mol. The fraction of sp³-hybridized carbons (Fsp3) is 0.0741. The largest absolute Gasteiger partial charge is 0.385 e. The summed E-state index contributed by atoms with van der Waals surface area (Å²) in [5.41, 5.74) is 7.79. The number of nitrogens with one attached hydrogen (secondary N) is 3. The van der Waals surface area contributed by atoms with Crippen LogP contribution in [-0.2, 0) is 6.42 Å². The molecule has 3 aromatic carbocycles. The van der Waals surface area contributed by atoms with Crippen molar-refractivity contribution < 1.29 is 0 Å². The molecular formula is C27H24N4. The highest BCUT2D eigenvalue weighted by Crippen LogP contribution is 2.24. The minimum absolute atomic E-state index is 0.888. The summed E-state index contributed by atoms with van der Waals surface area (Å²) >= 11 is 0. The number of anilines is 3. The van der Waals surface area contributed by atoms with Gasteiger partial charge in [-0.25, -0.2) is 0 Å². The smallest absolute Gasteiger partial charge is 0.0722 e. The number of aromatic nitrogens is 2. The first kappa shape index (κ1) is 18.9. The zero-order chi connectivity index (χ0) is 20.9. The molecule has 152 valence electrons. The first-order chi connectivity index (χ1) is 15.3. The summed E-state index contributed by atoms with van der Waals surface area (Å²) < 4.78 is 0. The summed E-state index contributed by atoms with van der Waals surface area (Å²) in [5.74, 6) is 0. The van der Waals surface area contributed by atoms with Crippen molar-refractivity contribution in [3.63, 3.8) is 0 Å². The van der Waals surface area contributed by atoms with Crippen molar-refractivity contribution in [2.45, 2.75) is 6.42 Å². The molecule has 0 amide bonds. The van der Waals surface area contributed by atoms with Gasteiger partial charge in [0, 0.05) is 52.5 Å². The van der Waals surface area contributed by atoms with Crippen LogP contribution in [0.2, 0.25) is 0 Å². The number of benzene rings is 3. The van der Waals surface area contributed by atoms with Gasteiger partial charge in [0.25, 0.3) is 0 Å². The zero-order valence-electron chi connectivity index (χ0n) is 17.2. The number of nitrogens with zero attached hydrogens (tertiary/aromatic N) is 1. The monoisotopic (exact) mass is 404 g/mol. The number of H-pyrrole nitrogens is 1. The molecule has 4 heteroatoms. The van der Waals surface area contributed by atoms with Crippen molar-refractivity contribution in [2.24, 2.45) is 0 Å². The Morgan fingerprint density at radius 3 is 2.39 bits per heavy atom. The molecule has 5 rings (SSSR count). The van der Waals surface area contributed by atoms with E-state index in [0.717, 1.165) is 41.3 Å². The Bertz CT molecular complexity index is 1270. The minimum Gasteiger partial charge on any atom is -0.385 e. The second-order valence-corrected chi connectivity index (χ2v) is 7.53. The van der Waals surface area contributed by atoms with E-state index in [9.17, 15) is 0 Å². The molecule has 0 fully saturated rings. The van der Waals surface area contributed by atoms with Crippen LogP contribution >= 0.6 is 0 Å². The number of hydrogen-bond donors (Lipinski definition) is 3. The predicted octanol–water partition coefficient (Wildman–Crippen LogP) is 6.63. The highest BCUT2D eigenvalue weighted by atomic mass is 14.9. The highest BCUT2D eigenvalue weighted by Gasteiger charge is 2.03. The maximum Gasteiger partial charge on any atom is 0.0722 e. The van der Waals surface area contributed by atoms with E-state index in [4.69, 9.17) is 0 Å². The Morgan fingerprint density at radius 1 is 0.742 bits per heavy atom. The molecule has 2 aromatic heterocycles. The zero-order valence-corrected chi connectivity index (χ0v) is 17.2. The van der Waals surface area contributed by atoms with Crippen LogP contribution in [-0.4, -0.2) is 16.5 Å². The third kappa shape index (κ3) is 4.43. The molecule has 0 atom stereocenters. The van der Waals surface area contributed by atoms with Crippen LogP contribution in [0, 0.1) is 0 Å². The van der Waals surface area contributed by atoms with Gasteiger partial charge in [-0.05, 0) is 54.4 Å². The van der Waals surface area contributed by atoms with Gasteiger partial charge in [0.2, 0.25) is 0 Å². The standard InChI is InChI=1S/C27H24N4/c1-2-6-20(7-3-1)27-18-24(15-17-29-27)31-23-12-10-22(11-13-23)28-16-14-21-19-30-26-9-5-4-8-25(21)26/h1-13,15,17-19,28,30H,14,16H2,(H,29,31). The third-order valence-corrected chi connectivity index (χ3v) is 5.40. The number of fused-ring (bicyclic) bond motifs is 1. The van der Waals surface area contributed by atoms with Crippen molar-refractivity contribution >= 4 is 28.0 Å². The van der Waals surface area contributed by atoms with E-state index in [0.29, 0.717) is 0 Å². The minimum atomic E-state index is 0.888. The van der Waals surface area contributed by atoms with Crippen molar-refractivity contribution in [1.82, 2.24) is 9.97 Å². The molecule has 0 aliphatic rings. The summed E-state index contributed by atoms with van der Waals surface area (Å²) in [6, 6.07) is 31.1. The summed E-state index contributed by atoms with van der Waals surface area (Å²) in [5, 5.41) is 8.29. The van der Waals surface area contributed by atoms with Gasteiger partial charge in [-0.1, -0.05) is 48.5 Å².